The van der Waals surface area contributed by atoms with Crippen LogP contribution in [0.4, 0.5) is 5.82 Å². The van der Waals surface area contributed by atoms with Crippen molar-refractivity contribution in [3.8, 4) is 0 Å². The third-order valence-corrected chi connectivity index (χ3v) is 4.35. The first-order chi connectivity index (χ1) is 9.65. The van der Waals surface area contributed by atoms with Gasteiger partial charge < -0.3 is 5.32 Å². The summed E-state index contributed by atoms with van der Waals surface area (Å²) in [5, 5.41) is 3.31. The molecule has 1 aromatic carbocycles. The van der Waals surface area contributed by atoms with Crippen molar-refractivity contribution in [1.29, 1.82) is 0 Å². The van der Waals surface area contributed by atoms with Crippen molar-refractivity contribution in [2.24, 2.45) is 0 Å². The highest BCUT2D eigenvalue weighted by Crippen LogP contribution is 2.08. The molecule has 0 fully saturated rings. The Morgan fingerprint density at radius 2 is 2.00 bits per heavy atom. The molecular weight excluding hydrogens is 270 g/mol. The van der Waals surface area contributed by atoms with E-state index >= 15 is 0 Å². The first-order valence-electron chi connectivity index (χ1n) is 6.57. The Bertz CT molecular complexity index is 574. The van der Waals surface area contributed by atoms with E-state index < -0.39 is 10.8 Å². The third-order valence-electron chi connectivity index (χ3n) is 3.05. The molecule has 20 heavy (non-hydrogen) atoms. The topological polar surface area (TPSA) is 54.9 Å². The van der Waals surface area contributed by atoms with Gasteiger partial charge in [-0.3, -0.25) is 4.21 Å². The smallest absolute Gasteiger partial charge is 0.135 e. The van der Waals surface area contributed by atoms with Crippen LogP contribution in [0.1, 0.15) is 18.3 Å². The standard InChI is InChI=1S/C15H19N3OS/c1-12(20(2)19)11-17-14-8-9-16-15(18-14)10-13-6-4-3-5-7-13/h3-9,12H,10-11H2,1-2H3,(H,16,17,18)/t12-,20-/m1/s1. The van der Waals surface area contributed by atoms with Gasteiger partial charge in [0, 0.05) is 41.5 Å². The molecule has 0 unspecified atom stereocenters. The lowest BCUT2D eigenvalue weighted by atomic mass is 10.1. The quantitative estimate of drug-likeness (QED) is 0.886. The van der Waals surface area contributed by atoms with Crippen molar-refractivity contribution in [2.45, 2.75) is 18.6 Å². The van der Waals surface area contributed by atoms with Crippen LogP contribution in [0.5, 0.6) is 0 Å². The monoisotopic (exact) mass is 289 g/mol. The maximum absolute atomic E-state index is 11.3. The molecule has 2 atom stereocenters. The molecule has 0 aliphatic carbocycles. The zero-order valence-electron chi connectivity index (χ0n) is 11.7. The molecule has 0 radical (unpaired) electrons. The van der Waals surface area contributed by atoms with Gasteiger partial charge in [-0.25, -0.2) is 9.97 Å². The van der Waals surface area contributed by atoms with Crippen LogP contribution in [0.25, 0.3) is 0 Å². The molecule has 0 saturated carbocycles. The summed E-state index contributed by atoms with van der Waals surface area (Å²) in [6.45, 7) is 2.60. The van der Waals surface area contributed by atoms with Crippen LogP contribution < -0.4 is 5.32 Å². The average Bonchev–Trinajstić information content (AvgIpc) is 2.46. The maximum Gasteiger partial charge on any atom is 0.135 e. The number of anilines is 1. The summed E-state index contributed by atoms with van der Waals surface area (Å²) in [7, 11) is -0.827. The highest BCUT2D eigenvalue weighted by atomic mass is 32.2. The molecule has 0 aliphatic heterocycles. The minimum Gasteiger partial charge on any atom is -0.369 e. The molecule has 0 amide bonds. The highest BCUT2D eigenvalue weighted by Gasteiger charge is 2.06. The van der Waals surface area contributed by atoms with Gasteiger partial charge in [-0.1, -0.05) is 30.3 Å². The predicted molar refractivity (Wildman–Crippen MR) is 83.3 cm³/mol. The summed E-state index contributed by atoms with van der Waals surface area (Å²) >= 11 is 0. The van der Waals surface area contributed by atoms with E-state index in [-0.39, 0.29) is 5.25 Å². The zero-order chi connectivity index (χ0) is 14.4. The molecular formula is C15H19N3OS. The van der Waals surface area contributed by atoms with Crippen LogP contribution >= 0.6 is 0 Å². The van der Waals surface area contributed by atoms with Crippen LogP contribution in [-0.2, 0) is 17.2 Å². The minimum atomic E-state index is -0.827. The van der Waals surface area contributed by atoms with Gasteiger partial charge in [0.15, 0.2) is 0 Å². The largest absolute Gasteiger partial charge is 0.369 e. The number of benzene rings is 1. The van der Waals surface area contributed by atoms with Crippen molar-refractivity contribution in [1.82, 2.24) is 9.97 Å². The fourth-order valence-electron chi connectivity index (χ4n) is 1.73. The van der Waals surface area contributed by atoms with Crippen LogP contribution in [0, 0.1) is 0 Å². The Morgan fingerprint density at radius 1 is 1.25 bits per heavy atom. The first-order valence-corrected chi connectivity index (χ1v) is 8.19. The summed E-state index contributed by atoms with van der Waals surface area (Å²) in [5.41, 5.74) is 1.19. The SMILES string of the molecule is C[C@H](CNc1ccnc(Cc2ccccc2)n1)[S@@](C)=O. The Morgan fingerprint density at radius 3 is 2.70 bits per heavy atom. The Kier molecular flexibility index (Phi) is 5.24. The predicted octanol–water partition coefficient (Wildman–Crippen LogP) is 2.25. The maximum atomic E-state index is 11.3. The number of aromatic nitrogens is 2. The van der Waals surface area contributed by atoms with E-state index in [9.17, 15) is 4.21 Å². The molecule has 2 aromatic rings. The Hall–Kier alpha value is -1.75. The van der Waals surface area contributed by atoms with Gasteiger partial charge in [-0.2, -0.15) is 0 Å². The van der Waals surface area contributed by atoms with E-state index in [1.165, 1.54) is 5.56 Å². The first kappa shape index (κ1) is 14.7. The molecule has 1 N–H and O–H groups in total. The molecule has 2 rings (SSSR count). The van der Waals surface area contributed by atoms with E-state index in [2.05, 4.69) is 27.4 Å². The molecule has 1 aromatic heterocycles. The lowest BCUT2D eigenvalue weighted by Gasteiger charge is -2.11. The summed E-state index contributed by atoms with van der Waals surface area (Å²) in [5.74, 6) is 1.56. The van der Waals surface area contributed by atoms with Gasteiger partial charge in [0.25, 0.3) is 0 Å². The van der Waals surface area contributed by atoms with E-state index in [0.29, 0.717) is 13.0 Å². The zero-order valence-corrected chi connectivity index (χ0v) is 12.6. The Labute approximate surface area is 122 Å². The lowest BCUT2D eigenvalue weighted by molar-refractivity contribution is 0.678. The molecule has 0 aliphatic rings. The Balaban J connectivity index is 1.99. The molecule has 4 nitrogen and oxygen atoms in total. The van der Waals surface area contributed by atoms with Gasteiger partial charge in [-0.15, -0.1) is 0 Å². The van der Waals surface area contributed by atoms with Crippen LogP contribution in [0.15, 0.2) is 42.6 Å². The van der Waals surface area contributed by atoms with Gasteiger partial charge in [0.1, 0.15) is 11.6 Å². The van der Waals surface area contributed by atoms with Crippen molar-refractivity contribution >= 4 is 16.6 Å². The molecule has 106 valence electrons. The number of nitrogens with zero attached hydrogens (tertiary/aromatic N) is 2. The average molecular weight is 289 g/mol. The molecule has 0 bridgehead atoms. The second-order valence-electron chi connectivity index (χ2n) is 4.71. The number of hydrogen-bond acceptors (Lipinski definition) is 4. The van der Waals surface area contributed by atoms with E-state index in [1.807, 2.05) is 31.2 Å². The number of rotatable bonds is 6. The van der Waals surface area contributed by atoms with Crippen LogP contribution in [-0.4, -0.2) is 32.2 Å². The molecule has 1 heterocycles. The fraction of sp³-hybridized carbons (Fsp3) is 0.333. The van der Waals surface area contributed by atoms with E-state index in [4.69, 9.17) is 0 Å². The van der Waals surface area contributed by atoms with Crippen molar-refractivity contribution in [3.05, 3.63) is 54.0 Å². The molecule has 0 spiro atoms. The highest BCUT2D eigenvalue weighted by molar-refractivity contribution is 7.84. The van der Waals surface area contributed by atoms with E-state index in [1.54, 1.807) is 12.5 Å². The number of nitrogens with one attached hydrogen (secondary N) is 1. The van der Waals surface area contributed by atoms with Crippen molar-refractivity contribution < 1.29 is 4.21 Å². The van der Waals surface area contributed by atoms with Crippen molar-refractivity contribution in [2.75, 3.05) is 18.1 Å². The lowest BCUT2D eigenvalue weighted by Crippen LogP contribution is -2.21. The van der Waals surface area contributed by atoms with Gasteiger partial charge >= 0.3 is 0 Å². The fourth-order valence-corrected chi connectivity index (χ4v) is 2.04. The second-order valence-corrected chi connectivity index (χ2v) is 6.51. The normalized spacial score (nSPS) is 13.7. The summed E-state index contributed by atoms with van der Waals surface area (Å²) in [6, 6.07) is 12.0. The molecule has 0 saturated heterocycles. The van der Waals surface area contributed by atoms with Crippen LogP contribution in [0.3, 0.4) is 0 Å². The van der Waals surface area contributed by atoms with Crippen molar-refractivity contribution in [3.63, 3.8) is 0 Å². The summed E-state index contributed by atoms with van der Waals surface area (Å²) in [6.07, 6.45) is 4.18. The third kappa shape index (κ3) is 4.42. The van der Waals surface area contributed by atoms with E-state index in [0.717, 1.165) is 11.6 Å². The minimum absolute atomic E-state index is 0.0996. The second kappa shape index (κ2) is 7.14. The summed E-state index contributed by atoms with van der Waals surface area (Å²) < 4.78 is 11.3. The van der Waals surface area contributed by atoms with Gasteiger partial charge in [-0.05, 0) is 18.6 Å². The van der Waals surface area contributed by atoms with Gasteiger partial charge in [0.05, 0.1) is 0 Å². The van der Waals surface area contributed by atoms with Crippen LogP contribution in [0.2, 0.25) is 0 Å². The summed E-state index contributed by atoms with van der Waals surface area (Å²) in [4.78, 5) is 8.76. The van der Waals surface area contributed by atoms with Gasteiger partial charge in [0.2, 0.25) is 0 Å². The molecule has 5 heteroatoms. The number of hydrogen-bond donors (Lipinski definition) is 1.